The molecule has 1 aliphatic rings. The fourth-order valence-electron chi connectivity index (χ4n) is 3.07. The Kier molecular flexibility index (Phi) is 5.58. The van der Waals surface area contributed by atoms with E-state index >= 15 is 0 Å². The highest BCUT2D eigenvalue weighted by atomic mass is 79.9. The maximum atomic E-state index is 11.0. The Morgan fingerprint density at radius 3 is 2.62 bits per heavy atom. The molecule has 21 heavy (non-hydrogen) atoms. The number of nitro groups is 1. The molecule has 1 aromatic carbocycles. The van der Waals surface area contributed by atoms with Gasteiger partial charge in [-0.3, -0.25) is 10.1 Å². The molecule has 6 heteroatoms. The van der Waals surface area contributed by atoms with Gasteiger partial charge < -0.3 is 10.0 Å². The predicted octanol–water partition coefficient (Wildman–Crippen LogP) is 3.80. The molecule has 0 atom stereocenters. The van der Waals surface area contributed by atoms with E-state index in [-0.39, 0.29) is 17.2 Å². The second-order valence-electron chi connectivity index (χ2n) is 5.56. The minimum absolute atomic E-state index is 0.0823. The van der Waals surface area contributed by atoms with Gasteiger partial charge in [0.1, 0.15) is 0 Å². The summed E-state index contributed by atoms with van der Waals surface area (Å²) in [6, 6.07) is 3.83. The second-order valence-corrected chi connectivity index (χ2v) is 6.41. The maximum absolute atomic E-state index is 11.0. The van der Waals surface area contributed by atoms with E-state index in [0.29, 0.717) is 18.2 Å². The van der Waals surface area contributed by atoms with Gasteiger partial charge in [-0.15, -0.1) is 0 Å². The minimum Gasteiger partial charge on any atom is -0.395 e. The monoisotopic (exact) mass is 356 g/mol. The van der Waals surface area contributed by atoms with Crippen LogP contribution in [0.5, 0.6) is 0 Å². The molecule has 0 spiro atoms. The Labute approximate surface area is 133 Å². The number of benzene rings is 1. The van der Waals surface area contributed by atoms with Crippen LogP contribution in [0.15, 0.2) is 16.6 Å². The molecule has 0 amide bonds. The van der Waals surface area contributed by atoms with Crippen molar-refractivity contribution in [3.8, 4) is 0 Å². The van der Waals surface area contributed by atoms with E-state index in [4.69, 9.17) is 0 Å². The lowest BCUT2D eigenvalue weighted by Gasteiger charge is -2.36. The molecular weight excluding hydrogens is 336 g/mol. The molecule has 0 heterocycles. The number of anilines is 1. The predicted molar refractivity (Wildman–Crippen MR) is 86.8 cm³/mol. The van der Waals surface area contributed by atoms with Crippen molar-refractivity contribution in [3.05, 3.63) is 32.3 Å². The summed E-state index contributed by atoms with van der Waals surface area (Å²) in [7, 11) is 0. The van der Waals surface area contributed by atoms with Gasteiger partial charge in [-0.05, 0) is 41.8 Å². The molecule has 116 valence electrons. The number of hydrogen-bond donors (Lipinski definition) is 1. The largest absolute Gasteiger partial charge is 0.395 e. The van der Waals surface area contributed by atoms with Gasteiger partial charge in [0.15, 0.2) is 0 Å². The highest BCUT2D eigenvalue weighted by Gasteiger charge is 2.24. The molecule has 0 unspecified atom stereocenters. The van der Waals surface area contributed by atoms with E-state index in [0.717, 1.165) is 23.0 Å². The SMILES string of the molecule is Cc1cc(N(CCO)C2CCCCC2)c(Br)cc1[N+](=O)[O-]. The van der Waals surface area contributed by atoms with E-state index in [9.17, 15) is 15.2 Å². The molecule has 1 saturated carbocycles. The number of aliphatic hydroxyl groups is 1. The first kappa shape index (κ1) is 16.2. The van der Waals surface area contributed by atoms with Crippen molar-refractivity contribution >= 4 is 27.3 Å². The third-order valence-electron chi connectivity index (χ3n) is 4.13. The zero-order chi connectivity index (χ0) is 15.4. The Bertz CT molecular complexity index is 516. The quantitative estimate of drug-likeness (QED) is 0.643. The number of rotatable bonds is 5. The smallest absolute Gasteiger partial charge is 0.273 e. The Morgan fingerprint density at radius 2 is 2.05 bits per heavy atom. The molecule has 0 radical (unpaired) electrons. The zero-order valence-electron chi connectivity index (χ0n) is 12.2. The van der Waals surface area contributed by atoms with Crippen molar-refractivity contribution in [2.75, 3.05) is 18.1 Å². The van der Waals surface area contributed by atoms with Crippen LogP contribution >= 0.6 is 15.9 Å². The Morgan fingerprint density at radius 1 is 1.38 bits per heavy atom. The standard InChI is InChI=1S/C15H21BrN2O3/c1-11-9-15(13(16)10-14(11)18(20)21)17(7-8-19)12-5-3-2-4-6-12/h9-10,12,19H,2-8H2,1H3. The number of hydrogen-bond acceptors (Lipinski definition) is 4. The average molecular weight is 357 g/mol. The molecule has 1 fully saturated rings. The summed E-state index contributed by atoms with van der Waals surface area (Å²) in [4.78, 5) is 12.8. The van der Waals surface area contributed by atoms with Crippen molar-refractivity contribution in [1.82, 2.24) is 0 Å². The summed E-state index contributed by atoms with van der Waals surface area (Å²) < 4.78 is 0.721. The van der Waals surface area contributed by atoms with Crippen LogP contribution < -0.4 is 4.90 Å². The van der Waals surface area contributed by atoms with Gasteiger partial charge in [0, 0.05) is 28.7 Å². The van der Waals surface area contributed by atoms with Crippen LogP contribution in [-0.2, 0) is 0 Å². The summed E-state index contributed by atoms with van der Waals surface area (Å²) in [6.45, 7) is 2.39. The third-order valence-corrected chi connectivity index (χ3v) is 4.76. The van der Waals surface area contributed by atoms with Crippen LogP contribution in [0.25, 0.3) is 0 Å². The summed E-state index contributed by atoms with van der Waals surface area (Å²) in [5, 5.41) is 20.4. The lowest BCUT2D eigenvalue weighted by atomic mass is 9.93. The molecule has 2 rings (SSSR count). The lowest BCUT2D eigenvalue weighted by molar-refractivity contribution is -0.385. The molecule has 0 saturated heterocycles. The first-order valence-corrected chi connectivity index (χ1v) is 8.16. The number of aryl methyl sites for hydroxylation is 1. The molecule has 0 bridgehead atoms. The molecule has 1 aromatic rings. The van der Waals surface area contributed by atoms with Crippen molar-refractivity contribution in [2.24, 2.45) is 0 Å². The van der Waals surface area contributed by atoms with E-state index in [2.05, 4.69) is 20.8 Å². The first-order valence-electron chi connectivity index (χ1n) is 7.36. The highest BCUT2D eigenvalue weighted by Crippen LogP contribution is 2.36. The maximum Gasteiger partial charge on any atom is 0.273 e. The molecule has 1 N–H and O–H groups in total. The molecule has 0 aromatic heterocycles. The van der Waals surface area contributed by atoms with Crippen LogP contribution in [0.2, 0.25) is 0 Å². The lowest BCUT2D eigenvalue weighted by Crippen LogP contribution is -2.39. The van der Waals surface area contributed by atoms with Crippen LogP contribution in [-0.4, -0.2) is 29.2 Å². The fourth-order valence-corrected chi connectivity index (χ4v) is 3.63. The van der Waals surface area contributed by atoms with Crippen molar-refractivity contribution in [1.29, 1.82) is 0 Å². The fraction of sp³-hybridized carbons (Fsp3) is 0.600. The van der Waals surface area contributed by atoms with Crippen molar-refractivity contribution in [3.63, 3.8) is 0 Å². The normalized spacial score (nSPS) is 16.0. The van der Waals surface area contributed by atoms with Gasteiger partial charge >= 0.3 is 0 Å². The van der Waals surface area contributed by atoms with Gasteiger partial charge in [0.25, 0.3) is 5.69 Å². The van der Waals surface area contributed by atoms with Gasteiger partial charge in [0.2, 0.25) is 0 Å². The topological polar surface area (TPSA) is 66.6 Å². The highest BCUT2D eigenvalue weighted by molar-refractivity contribution is 9.10. The van der Waals surface area contributed by atoms with E-state index in [1.165, 1.54) is 19.3 Å². The number of nitrogens with zero attached hydrogens (tertiary/aromatic N) is 2. The third kappa shape index (κ3) is 3.74. The summed E-state index contributed by atoms with van der Waals surface area (Å²) in [6.07, 6.45) is 5.90. The first-order chi connectivity index (χ1) is 10.0. The van der Waals surface area contributed by atoms with Gasteiger partial charge in [0.05, 0.1) is 17.2 Å². The van der Waals surface area contributed by atoms with Crippen LogP contribution in [0.3, 0.4) is 0 Å². The van der Waals surface area contributed by atoms with Crippen molar-refractivity contribution < 1.29 is 10.0 Å². The summed E-state index contributed by atoms with van der Waals surface area (Å²) in [5.41, 5.74) is 1.72. The molecular formula is C15H21BrN2O3. The van der Waals surface area contributed by atoms with Crippen LogP contribution in [0.1, 0.15) is 37.7 Å². The Balaban J connectivity index is 2.35. The Hall–Kier alpha value is -1.14. The van der Waals surface area contributed by atoms with E-state index in [1.54, 1.807) is 13.0 Å². The van der Waals surface area contributed by atoms with Gasteiger partial charge in [-0.25, -0.2) is 0 Å². The number of nitro benzene ring substituents is 1. The molecule has 0 aliphatic heterocycles. The average Bonchev–Trinajstić information content (AvgIpc) is 2.47. The second kappa shape index (κ2) is 7.22. The summed E-state index contributed by atoms with van der Waals surface area (Å²) in [5.74, 6) is 0. The molecule has 5 nitrogen and oxygen atoms in total. The number of aliphatic hydroxyl groups excluding tert-OH is 1. The van der Waals surface area contributed by atoms with Crippen molar-refractivity contribution in [2.45, 2.75) is 45.1 Å². The van der Waals surface area contributed by atoms with E-state index < -0.39 is 0 Å². The number of halogens is 1. The van der Waals surface area contributed by atoms with E-state index in [1.807, 2.05) is 6.07 Å². The summed E-state index contributed by atoms with van der Waals surface area (Å²) >= 11 is 3.46. The van der Waals surface area contributed by atoms with Gasteiger partial charge in [-0.1, -0.05) is 19.3 Å². The zero-order valence-corrected chi connectivity index (χ0v) is 13.8. The minimum atomic E-state index is -0.360. The van der Waals surface area contributed by atoms with Crippen LogP contribution in [0.4, 0.5) is 11.4 Å². The van der Waals surface area contributed by atoms with Gasteiger partial charge in [-0.2, -0.15) is 0 Å². The molecule has 1 aliphatic carbocycles. The van der Waals surface area contributed by atoms with Crippen LogP contribution in [0, 0.1) is 17.0 Å².